The second-order valence-corrected chi connectivity index (χ2v) is 6.78. The lowest BCUT2D eigenvalue weighted by atomic mass is 10.0. The van der Waals surface area contributed by atoms with Crippen molar-refractivity contribution < 1.29 is 13.9 Å². The Bertz CT molecular complexity index is 951. The predicted octanol–water partition coefficient (Wildman–Crippen LogP) is 5.84. The van der Waals surface area contributed by atoms with Crippen LogP contribution in [0.4, 0.5) is 10.1 Å². The Morgan fingerprint density at radius 1 is 1.07 bits per heavy atom. The lowest BCUT2D eigenvalue weighted by Crippen LogP contribution is -2.11. The van der Waals surface area contributed by atoms with Crippen LogP contribution in [-0.2, 0) is 6.61 Å². The molecule has 6 heteroatoms. The van der Waals surface area contributed by atoms with Crippen LogP contribution in [0, 0.1) is 5.82 Å². The third-order valence-corrected chi connectivity index (χ3v) is 4.66. The molecule has 0 saturated heterocycles. The van der Waals surface area contributed by atoms with Crippen LogP contribution in [0.1, 0.15) is 30.5 Å². The Kier molecular flexibility index (Phi) is 6.39. The van der Waals surface area contributed by atoms with Crippen LogP contribution < -0.4 is 20.9 Å². The van der Waals surface area contributed by atoms with Crippen molar-refractivity contribution in [2.45, 2.75) is 26.0 Å². The monoisotopic (exact) mass is 400 g/mol. The van der Waals surface area contributed by atoms with E-state index in [0.717, 1.165) is 5.56 Å². The van der Waals surface area contributed by atoms with Gasteiger partial charge in [-0.2, -0.15) is 0 Å². The van der Waals surface area contributed by atoms with Crippen LogP contribution in [0.5, 0.6) is 17.2 Å². The van der Waals surface area contributed by atoms with E-state index in [4.69, 9.17) is 32.5 Å². The zero-order valence-electron chi connectivity index (χ0n) is 15.5. The lowest BCUT2D eigenvalue weighted by molar-refractivity contribution is 0.306. The van der Waals surface area contributed by atoms with Crippen molar-refractivity contribution in [1.82, 2.24) is 0 Å². The number of nitrogens with two attached hydrogens (primary N) is 2. The minimum atomic E-state index is -0.564. The van der Waals surface area contributed by atoms with Crippen LogP contribution in [0.2, 0.25) is 5.02 Å². The van der Waals surface area contributed by atoms with Gasteiger partial charge in [0.2, 0.25) is 0 Å². The van der Waals surface area contributed by atoms with E-state index < -0.39 is 11.9 Å². The van der Waals surface area contributed by atoms with Crippen molar-refractivity contribution in [2.75, 3.05) is 5.73 Å². The molecule has 0 unspecified atom stereocenters. The highest BCUT2D eigenvalue weighted by Crippen LogP contribution is 2.37. The summed E-state index contributed by atoms with van der Waals surface area (Å²) in [6, 6.07) is 17.3. The predicted molar refractivity (Wildman–Crippen MR) is 110 cm³/mol. The lowest BCUT2D eigenvalue weighted by Gasteiger charge is -2.16. The van der Waals surface area contributed by atoms with Crippen molar-refractivity contribution in [3.05, 3.63) is 82.6 Å². The molecule has 0 spiro atoms. The van der Waals surface area contributed by atoms with E-state index in [1.165, 1.54) is 0 Å². The maximum Gasteiger partial charge on any atom is 0.181 e. The highest BCUT2D eigenvalue weighted by molar-refractivity contribution is 6.32. The second kappa shape index (κ2) is 8.95. The largest absolute Gasteiger partial charge is 0.487 e. The van der Waals surface area contributed by atoms with Gasteiger partial charge in [-0.05, 0) is 30.2 Å². The quantitative estimate of drug-likeness (QED) is 0.488. The number of hydrogen-bond donors (Lipinski definition) is 2. The maximum absolute atomic E-state index is 14.9. The molecule has 0 radical (unpaired) electrons. The van der Waals surface area contributed by atoms with Gasteiger partial charge in [0.05, 0.1) is 10.7 Å². The highest BCUT2D eigenvalue weighted by atomic mass is 35.5. The number of hydrogen-bond acceptors (Lipinski definition) is 4. The molecule has 0 saturated carbocycles. The van der Waals surface area contributed by atoms with Crippen molar-refractivity contribution in [3.8, 4) is 17.2 Å². The molecule has 0 bridgehead atoms. The number of halogens is 2. The molecule has 0 aromatic heterocycles. The first-order valence-corrected chi connectivity index (χ1v) is 9.35. The van der Waals surface area contributed by atoms with Gasteiger partial charge < -0.3 is 20.9 Å². The molecule has 0 aliphatic heterocycles. The fraction of sp³-hybridized carbons (Fsp3) is 0.182. The van der Waals surface area contributed by atoms with Crippen LogP contribution in [-0.4, -0.2) is 0 Å². The molecule has 3 aromatic carbocycles. The number of nitrogen functional groups attached to an aromatic ring is 1. The van der Waals surface area contributed by atoms with E-state index in [2.05, 4.69) is 0 Å². The Morgan fingerprint density at radius 2 is 1.82 bits per heavy atom. The summed E-state index contributed by atoms with van der Waals surface area (Å²) >= 11 is 6.15. The zero-order chi connectivity index (χ0) is 20.1. The van der Waals surface area contributed by atoms with Gasteiger partial charge in [0, 0.05) is 17.7 Å². The van der Waals surface area contributed by atoms with Gasteiger partial charge in [-0.1, -0.05) is 54.9 Å². The van der Waals surface area contributed by atoms with Crippen molar-refractivity contribution in [2.24, 2.45) is 5.73 Å². The number of benzene rings is 3. The highest BCUT2D eigenvalue weighted by Gasteiger charge is 2.18. The molecule has 4 N–H and O–H groups in total. The van der Waals surface area contributed by atoms with E-state index in [1.54, 1.807) is 30.3 Å². The average molecular weight is 401 g/mol. The zero-order valence-corrected chi connectivity index (χ0v) is 16.2. The van der Waals surface area contributed by atoms with E-state index in [0.29, 0.717) is 35.8 Å². The van der Waals surface area contributed by atoms with Gasteiger partial charge in [-0.25, -0.2) is 4.39 Å². The summed E-state index contributed by atoms with van der Waals surface area (Å²) in [6.45, 7) is 2.24. The van der Waals surface area contributed by atoms with E-state index >= 15 is 0 Å². The molecule has 0 aliphatic carbocycles. The van der Waals surface area contributed by atoms with Crippen LogP contribution in [0.15, 0.2) is 60.7 Å². The van der Waals surface area contributed by atoms with Gasteiger partial charge >= 0.3 is 0 Å². The van der Waals surface area contributed by atoms with Crippen molar-refractivity contribution >= 4 is 17.3 Å². The van der Waals surface area contributed by atoms with Crippen LogP contribution in [0.25, 0.3) is 0 Å². The summed E-state index contributed by atoms with van der Waals surface area (Å²) in [5.41, 5.74) is 13.8. The van der Waals surface area contributed by atoms with Gasteiger partial charge in [0.15, 0.2) is 11.6 Å². The Balaban J connectivity index is 1.83. The number of ether oxygens (including phenoxy) is 2. The topological polar surface area (TPSA) is 70.5 Å². The molecular formula is C22H22ClFN2O2. The summed E-state index contributed by atoms with van der Waals surface area (Å²) in [7, 11) is 0. The first-order valence-electron chi connectivity index (χ1n) is 8.97. The van der Waals surface area contributed by atoms with Crippen LogP contribution in [0.3, 0.4) is 0 Å². The molecule has 28 heavy (non-hydrogen) atoms. The molecule has 4 nitrogen and oxygen atoms in total. The smallest absolute Gasteiger partial charge is 0.181 e. The third-order valence-electron chi connectivity index (χ3n) is 4.36. The SMILES string of the molecule is CC[C@@H](N)c1ccc(Cl)c(Oc2ccc(N)c(OCc3ccccc3)c2)c1F. The van der Waals surface area contributed by atoms with Gasteiger partial charge in [0.1, 0.15) is 18.1 Å². The molecule has 0 heterocycles. The fourth-order valence-corrected chi connectivity index (χ4v) is 2.89. The normalized spacial score (nSPS) is 11.9. The van der Waals surface area contributed by atoms with Crippen LogP contribution >= 0.6 is 11.6 Å². The van der Waals surface area contributed by atoms with Gasteiger partial charge in [-0.15, -0.1) is 0 Å². The molecule has 3 rings (SSSR count). The Labute approximate surface area is 168 Å². The summed E-state index contributed by atoms with van der Waals surface area (Å²) < 4.78 is 26.4. The summed E-state index contributed by atoms with van der Waals surface area (Å²) in [6.07, 6.45) is 0.595. The Morgan fingerprint density at radius 3 is 2.54 bits per heavy atom. The van der Waals surface area contributed by atoms with Crippen molar-refractivity contribution in [3.63, 3.8) is 0 Å². The molecular weight excluding hydrogens is 379 g/mol. The average Bonchev–Trinajstić information content (AvgIpc) is 2.71. The molecule has 0 fully saturated rings. The standard InChI is InChI=1S/C22H22ClFN2O2/c1-2-18(25)16-9-10-17(23)22(21(16)24)28-15-8-11-19(26)20(12-15)27-13-14-6-4-3-5-7-14/h3-12,18H,2,13,25-26H2,1H3/t18-/m1/s1. The van der Waals surface area contributed by atoms with Gasteiger partial charge in [0.25, 0.3) is 0 Å². The molecule has 146 valence electrons. The first kappa shape index (κ1) is 20.0. The third kappa shape index (κ3) is 4.55. The Hall–Kier alpha value is -2.76. The number of rotatable bonds is 7. The first-order chi connectivity index (χ1) is 13.5. The fourth-order valence-electron chi connectivity index (χ4n) is 2.70. The molecule has 3 aromatic rings. The van der Waals surface area contributed by atoms with Crippen molar-refractivity contribution in [1.29, 1.82) is 0 Å². The van der Waals surface area contributed by atoms with E-state index in [1.807, 2.05) is 37.3 Å². The van der Waals surface area contributed by atoms with E-state index in [9.17, 15) is 4.39 Å². The molecule has 0 aliphatic rings. The van der Waals surface area contributed by atoms with E-state index in [-0.39, 0.29) is 10.8 Å². The second-order valence-electron chi connectivity index (χ2n) is 6.37. The minimum Gasteiger partial charge on any atom is -0.487 e. The molecule has 1 atom stereocenters. The minimum absolute atomic E-state index is 0.0677. The van der Waals surface area contributed by atoms with Gasteiger partial charge in [-0.3, -0.25) is 0 Å². The molecule has 0 amide bonds. The summed E-state index contributed by atoms with van der Waals surface area (Å²) in [5.74, 6) is 0.173. The maximum atomic E-state index is 14.9. The summed E-state index contributed by atoms with van der Waals surface area (Å²) in [5, 5.41) is 0.160. The number of anilines is 1. The summed E-state index contributed by atoms with van der Waals surface area (Å²) in [4.78, 5) is 0.